The lowest BCUT2D eigenvalue weighted by molar-refractivity contribution is 0.0271. The lowest BCUT2D eigenvalue weighted by Crippen LogP contribution is -2.31. The number of aliphatic hydroxyl groups is 1. The van der Waals surface area contributed by atoms with E-state index >= 15 is 0 Å². The van der Waals surface area contributed by atoms with E-state index in [1.165, 1.54) is 0 Å². The summed E-state index contributed by atoms with van der Waals surface area (Å²) in [5.41, 5.74) is 6.58. The number of rotatable bonds is 2. The molecule has 1 fully saturated rings. The van der Waals surface area contributed by atoms with Gasteiger partial charge in [-0.05, 0) is 11.6 Å². The first-order chi connectivity index (χ1) is 6.70. The minimum Gasteiger partial charge on any atom is -0.398 e. The summed E-state index contributed by atoms with van der Waals surface area (Å²) < 4.78 is 5.16. The van der Waals surface area contributed by atoms with Gasteiger partial charge in [0.1, 0.15) is 0 Å². The highest BCUT2D eigenvalue weighted by molar-refractivity contribution is 5.45. The van der Waals surface area contributed by atoms with E-state index in [0.717, 1.165) is 5.56 Å². The molecule has 4 nitrogen and oxygen atoms in total. The van der Waals surface area contributed by atoms with Crippen molar-refractivity contribution in [3.63, 3.8) is 0 Å². The molecule has 1 aliphatic rings. The molecule has 14 heavy (non-hydrogen) atoms. The van der Waals surface area contributed by atoms with Gasteiger partial charge < -0.3 is 15.6 Å². The normalized spacial score (nSPS) is 26.6. The van der Waals surface area contributed by atoms with Crippen LogP contribution in [0.1, 0.15) is 12.0 Å². The topological polar surface area (TPSA) is 68.4 Å². The first kappa shape index (κ1) is 9.43. The fourth-order valence-electron chi connectivity index (χ4n) is 1.68. The van der Waals surface area contributed by atoms with Crippen LogP contribution in [0, 0.1) is 0 Å². The van der Waals surface area contributed by atoms with Gasteiger partial charge in [-0.25, -0.2) is 0 Å². The monoisotopic (exact) mass is 194 g/mol. The largest absolute Gasteiger partial charge is 0.398 e. The molecular formula is C10H14N2O2. The number of nitrogens with two attached hydrogens (primary N) is 1. The second kappa shape index (κ2) is 3.55. The van der Waals surface area contributed by atoms with Crippen LogP contribution in [0.4, 0.5) is 5.69 Å². The maximum absolute atomic E-state index is 10.1. The van der Waals surface area contributed by atoms with E-state index < -0.39 is 5.60 Å². The zero-order chi connectivity index (χ0) is 10.0. The highest BCUT2D eigenvalue weighted by atomic mass is 16.5. The molecule has 2 heterocycles. The van der Waals surface area contributed by atoms with E-state index in [9.17, 15) is 5.11 Å². The molecule has 0 bridgehead atoms. The number of anilines is 1. The van der Waals surface area contributed by atoms with Gasteiger partial charge in [-0.1, -0.05) is 0 Å². The van der Waals surface area contributed by atoms with Crippen LogP contribution in [0.5, 0.6) is 0 Å². The summed E-state index contributed by atoms with van der Waals surface area (Å²) in [5.74, 6) is 0. The molecule has 0 aliphatic carbocycles. The van der Waals surface area contributed by atoms with Crippen molar-refractivity contribution in [2.75, 3.05) is 18.9 Å². The Balaban J connectivity index is 2.14. The predicted octanol–water partition coefficient (Wildman–Crippen LogP) is 0.358. The number of pyridine rings is 1. The molecule has 0 aromatic carbocycles. The quantitative estimate of drug-likeness (QED) is 0.713. The van der Waals surface area contributed by atoms with Gasteiger partial charge in [0.25, 0.3) is 0 Å². The minimum absolute atomic E-state index is 0.390. The highest BCUT2D eigenvalue weighted by Crippen LogP contribution is 2.25. The number of hydrogen-bond donors (Lipinski definition) is 2. The Hall–Kier alpha value is -1.13. The molecule has 3 N–H and O–H groups in total. The van der Waals surface area contributed by atoms with Crippen molar-refractivity contribution in [3.8, 4) is 0 Å². The zero-order valence-corrected chi connectivity index (χ0v) is 7.94. The van der Waals surface area contributed by atoms with Crippen LogP contribution in [-0.2, 0) is 11.2 Å². The van der Waals surface area contributed by atoms with E-state index in [1.54, 1.807) is 18.5 Å². The zero-order valence-electron chi connectivity index (χ0n) is 7.94. The van der Waals surface area contributed by atoms with Crippen LogP contribution in [0.2, 0.25) is 0 Å². The molecule has 0 spiro atoms. The van der Waals surface area contributed by atoms with Crippen molar-refractivity contribution < 1.29 is 9.84 Å². The molecule has 0 radical (unpaired) electrons. The number of nitrogen functional groups attached to an aromatic ring is 1. The minimum atomic E-state index is -0.753. The number of ether oxygens (including phenoxy) is 1. The van der Waals surface area contributed by atoms with Gasteiger partial charge in [0.05, 0.1) is 12.2 Å². The molecule has 4 heteroatoms. The molecule has 1 aromatic rings. The van der Waals surface area contributed by atoms with Crippen molar-refractivity contribution in [2.24, 2.45) is 0 Å². The SMILES string of the molecule is Nc1ccncc1CC1(O)CCOC1. The molecule has 2 rings (SSSR count). The van der Waals surface area contributed by atoms with Crippen LogP contribution >= 0.6 is 0 Å². The smallest absolute Gasteiger partial charge is 0.0943 e. The van der Waals surface area contributed by atoms with Gasteiger partial charge in [-0.15, -0.1) is 0 Å². The van der Waals surface area contributed by atoms with Crippen LogP contribution in [0.25, 0.3) is 0 Å². The summed E-state index contributed by atoms with van der Waals surface area (Å²) in [5, 5.41) is 10.1. The first-order valence-corrected chi connectivity index (χ1v) is 4.68. The maximum atomic E-state index is 10.1. The third-order valence-corrected chi connectivity index (χ3v) is 2.54. The maximum Gasteiger partial charge on any atom is 0.0943 e. The van der Waals surface area contributed by atoms with Gasteiger partial charge in [-0.2, -0.15) is 0 Å². The van der Waals surface area contributed by atoms with Gasteiger partial charge in [0, 0.05) is 37.5 Å². The average molecular weight is 194 g/mol. The fourth-order valence-corrected chi connectivity index (χ4v) is 1.68. The van der Waals surface area contributed by atoms with Crippen LogP contribution < -0.4 is 5.73 Å². The molecule has 1 atom stereocenters. The van der Waals surface area contributed by atoms with Crippen molar-refractivity contribution in [1.82, 2.24) is 4.98 Å². The second-order valence-electron chi connectivity index (χ2n) is 3.78. The summed E-state index contributed by atoms with van der Waals surface area (Å²) in [4.78, 5) is 3.99. The van der Waals surface area contributed by atoms with Gasteiger partial charge >= 0.3 is 0 Å². The molecule has 1 aromatic heterocycles. The summed E-state index contributed by atoms with van der Waals surface area (Å²) in [6, 6.07) is 1.74. The van der Waals surface area contributed by atoms with Gasteiger partial charge in [0.2, 0.25) is 0 Å². The average Bonchev–Trinajstić information content (AvgIpc) is 2.57. The third-order valence-electron chi connectivity index (χ3n) is 2.54. The van der Waals surface area contributed by atoms with E-state index in [4.69, 9.17) is 10.5 Å². The molecular weight excluding hydrogens is 180 g/mol. The molecule has 76 valence electrons. The third kappa shape index (κ3) is 1.86. The Morgan fingerprint density at radius 2 is 2.50 bits per heavy atom. The van der Waals surface area contributed by atoms with Crippen LogP contribution in [0.3, 0.4) is 0 Å². The standard InChI is InChI=1S/C10H14N2O2/c11-9-1-3-12-6-8(9)5-10(13)2-4-14-7-10/h1,3,6,13H,2,4-5,7H2,(H2,11,12). The molecule has 1 unspecified atom stereocenters. The predicted molar refractivity (Wildman–Crippen MR) is 52.7 cm³/mol. The van der Waals surface area contributed by atoms with Crippen molar-refractivity contribution >= 4 is 5.69 Å². The summed E-state index contributed by atoms with van der Waals surface area (Å²) in [6.07, 6.45) is 4.54. The van der Waals surface area contributed by atoms with E-state index in [-0.39, 0.29) is 0 Å². The van der Waals surface area contributed by atoms with E-state index in [2.05, 4.69) is 4.98 Å². The van der Waals surface area contributed by atoms with Crippen molar-refractivity contribution in [2.45, 2.75) is 18.4 Å². The fraction of sp³-hybridized carbons (Fsp3) is 0.500. The Morgan fingerprint density at radius 3 is 3.14 bits per heavy atom. The molecule has 1 aliphatic heterocycles. The van der Waals surface area contributed by atoms with Gasteiger partial charge in [0.15, 0.2) is 0 Å². The van der Waals surface area contributed by atoms with Crippen LogP contribution in [-0.4, -0.2) is 28.9 Å². The first-order valence-electron chi connectivity index (χ1n) is 4.68. The van der Waals surface area contributed by atoms with Crippen molar-refractivity contribution in [1.29, 1.82) is 0 Å². The van der Waals surface area contributed by atoms with Gasteiger partial charge in [-0.3, -0.25) is 4.98 Å². The Morgan fingerprint density at radius 1 is 1.64 bits per heavy atom. The molecule has 0 saturated carbocycles. The van der Waals surface area contributed by atoms with Crippen molar-refractivity contribution in [3.05, 3.63) is 24.0 Å². The Labute approximate surface area is 82.7 Å². The highest BCUT2D eigenvalue weighted by Gasteiger charge is 2.32. The summed E-state index contributed by atoms with van der Waals surface area (Å²) in [6.45, 7) is 1.01. The lowest BCUT2D eigenvalue weighted by Gasteiger charge is -2.20. The summed E-state index contributed by atoms with van der Waals surface area (Å²) in [7, 11) is 0. The molecule has 0 amide bonds. The second-order valence-corrected chi connectivity index (χ2v) is 3.78. The summed E-state index contributed by atoms with van der Waals surface area (Å²) >= 11 is 0. The number of hydrogen-bond acceptors (Lipinski definition) is 4. The Bertz CT molecular complexity index is 322. The lowest BCUT2D eigenvalue weighted by atomic mass is 9.94. The van der Waals surface area contributed by atoms with Crippen LogP contribution in [0.15, 0.2) is 18.5 Å². The Kier molecular flexibility index (Phi) is 2.39. The van der Waals surface area contributed by atoms with E-state index in [1.807, 2.05) is 0 Å². The number of aromatic nitrogens is 1. The van der Waals surface area contributed by atoms with E-state index in [0.29, 0.717) is 31.7 Å². The molecule has 1 saturated heterocycles. The number of nitrogens with zero attached hydrogens (tertiary/aromatic N) is 1.